The van der Waals surface area contributed by atoms with E-state index >= 15 is 0 Å². The van der Waals surface area contributed by atoms with Crippen LogP contribution in [0.3, 0.4) is 0 Å². The summed E-state index contributed by atoms with van der Waals surface area (Å²) in [5, 5.41) is 9.99. The molecule has 17 heavy (non-hydrogen) atoms. The second-order valence-electron chi connectivity index (χ2n) is 4.61. The van der Waals surface area contributed by atoms with E-state index in [-0.39, 0.29) is 0 Å². The molecule has 0 aliphatic heterocycles. The van der Waals surface area contributed by atoms with Gasteiger partial charge in [-0.3, -0.25) is 0 Å². The maximum Gasteiger partial charge on any atom is 0.416 e. The molecule has 3 N–H and O–H groups in total. The molecule has 5 heteroatoms. The molecule has 0 saturated heterocycles. The zero-order valence-corrected chi connectivity index (χ0v) is 9.17. The Morgan fingerprint density at radius 1 is 1.18 bits per heavy atom. The van der Waals surface area contributed by atoms with Crippen molar-refractivity contribution in [3.63, 3.8) is 0 Å². The molecule has 0 bridgehead atoms. The molecular formula is C12H14F3NO. The largest absolute Gasteiger partial charge is 0.416 e. The Morgan fingerprint density at radius 2 is 1.71 bits per heavy atom. The SMILES string of the molecule is NC1(C(O)c2ccc(C(F)(F)F)cc2)CCC1. The van der Waals surface area contributed by atoms with Gasteiger partial charge in [-0.15, -0.1) is 0 Å². The van der Waals surface area contributed by atoms with E-state index in [2.05, 4.69) is 0 Å². The Morgan fingerprint density at radius 3 is 2.06 bits per heavy atom. The number of halogens is 3. The van der Waals surface area contributed by atoms with Crippen molar-refractivity contribution in [2.45, 2.75) is 37.1 Å². The number of hydrogen-bond donors (Lipinski definition) is 2. The molecule has 2 rings (SSSR count). The Hall–Kier alpha value is -1.07. The van der Waals surface area contributed by atoms with Gasteiger partial charge in [0.25, 0.3) is 0 Å². The number of benzene rings is 1. The van der Waals surface area contributed by atoms with Crippen LogP contribution in [0.4, 0.5) is 13.2 Å². The van der Waals surface area contributed by atoms with Crippen LogP contribution >= 0.6 is 0 Å². The summed E-state index contributed by atoms with van der Waals surface area (Å²) in [4.78, 5) is 0. The highest BCUT2D eigenvalue weighted by molar-refractivity contribution is 5.28. The van der Waals surface area contributed by atoms with E-state index in [1.54, 1.807) is 0 Å². The van der Waals surface area contributed by atoms with Gasteiger partial charge < -0.3 is 10.8 Å². The Balaban J connectivity index is 2.18. The van der Waals surface area contributed by atoms with Gasteiger partial charge in [-0.05, 0) is 37.0 Å². The topological polar surface area (TPSA) is 46.2 Å². The third kappa shape index (κ3) is 2.30. The molecule has 0 spiro atoms. The highest BCUT2D eigenvalue weighted by atomic mass is 19.4. The lowest BCUT2D eigenvalue weighted by atomic mass is 9.71. The van der Waals surface area contributed by atoms with Crippen molar-refractivity contribution in [1.29, 1.82) is 0 Å². The van der Waals surface area contributed by atoms with E-state index in [1.807, 2.05) is 0 Å². The van der Waals surface area contributed by atoms with Gasteiger partial charge in [0, 0.05) is 5.54 Å². The maximum absolute atomic E-state index is 12.3. The van der Waals surface area contributed by atoms with Crippen molar-refractivity contribution in [2.75, 3.05) is 0 Å². The van der Waals surface area contributed by atoms with Crippen molar-refractivity contribution >= 4 is 0 Å². The first-order valence-corrected chi connectivity index (χ1v) is 5.47. The van der Waals surface area contributed by atoms with Gasteiger partial charge >= 0.3 is 6.18 Å². The summed E-state index contributed by atoms with van der Waals surface area (Å²) >= 11 is 0. The average Bonchev–Trinajstić information content (AvgIpc) is 2.24. The van der Waals surface area contributed by atoms with Crippen molar-refractivity contribution < 1.29 is 18.3 Å². The van der Waals surface area contributed by atoms with Gasteiger partial charge in [0.05, 0.1) is 11.7 Å². The zero-order valence-electron chi connectivity index (χ0n) is 9.17. The van der Waals surface area contributed by atoms with E-state index in [0.717, 1.165) is 18.6 Å². The van der Waals surface area contributed by atoms with E-state index in [1.165, 1.54) is 12.1 Å². The Labute approximate surface area is 97.2 Å². The standard InChI is InChI=1S/C12H14F3NO/c13-12(14,15)9-4-2-8(3-5-9)10(17)11(16)6-1-7-11/h2-5,10,17H,1,6-7,16H2. The van der Waals surface area contributed by atoms with Crippen LogP contribution in [0.25, 0.3) is 0 Å². The fourth-order valence-electron chi connectivity index (χ4n) is 2.04. The molecule has 1 aromatic carbocycles. The second kappa shape index (κ2) is 3.99. The molecule has 1 atom stereocenters. The minimum Gasteiger partial charge on any atom is -0.386 e. The predicted octanol–water partition coefficient (Wildman–Crippen LogP) is 2.62. The summed E-state index contributed by atoms with van der Waals surface area (Å²) in [7, 11) is 0. The normalized spacial score (nSPS) is 20.8. The summed E-state index contributed by atoms with van der Waals surface area (Å²) in [6.07, 6.45) is -2.88. The molecule has 2 nitrogen and oxygen atoms in total. The third-order valence-corrected chi connectivity index (χ3v) is 3.38. The molecule has 1 fully saturated rings. The molecule has 1 unspecified atom stereocenters. The van der Waals surface area contributed by atoms with E-state index in [9.17, 15) is 18.3 Å². The van der Waals surface area contributed by atoms with E-state index in [0.29, 0.717) is 18.4 Å². The number of aliphatic hydroxyl groups excluding tert-OH is 1. The van der Waals surface area contributed by atoms with Crippen LogP contribution in [0.15, 0.2) is 24.3 Å². The van der Waals surface area contributed by atoms with Gasteiger partial charge in [0.1, 0.15) is 0 Å². The van der Waals surface area contributed by atoms with Crippen molar-refractivity contribution in [3.05, 3.63) is 35.4 Å². The first-order valence-electron chi connectivity index (χ1n) is 5.47. The van der Waals surface area contributed by atoms with Crippen molar-refractivity contribution in [3.8, 4) is 0 Å². The molecule has 94 valence electrons. The van der Waals surface area contributed by atoms with Crippen LogP contribution < -0.4 is 5.73 Å². The zero-order chi connectivity index (χ0) is 12.7. The van der Waals surface area contributed by atoms with Crippen LogP contribution in [-0.2, 0) is 6.18 Å². The van der Waals surface area contributed by atoms with Crippen LogP contribution in [-0.4, -0.2) is 10.6 Å². The van der Waals surface area contributed by atoms with Gasteiger partial charge in [-0.2, -0.15) is 13.2 Å². The van der Waals surface area contributed by atoms with Crippen LogP contribution in [0.2, 0.25) is 0 Å². The fraction of sp³-hybridized carbons (Fsp3) is 0.500. The fourth-order valence-corrected chi connectivity index (χ4v) is 2.04. The first kappa shape index (κ1) is 12.4. The highest BCUT2D eigenvalue weighted by Crippen LogP contribution is 2.40. The number of nitrogens with two attached hydrogens (primary N) is 1. The number of hydrogen-bond acceptors (Lipinski definition) is 2. The van der Waals surface area contributed by atoms with Crippen LogP contribution in [0.5, 0.6) is 0 Å². The minimum atomic E-state index is -4.35. The quantitative estimate of drug-likeness (QED) is 0.841. The molecule has 1 aliphatic carbocycles. The summed E-state index contributed by atoms with van der Waals surface area (Å²) < 4.78 is 37.0. The summed E-state index contributed by atoms with van der Waals surface area (Å²) in [5.74, 6) is 0. The second-order valence-corrected chi connectivity index (χ2v) is 4.61. The Kier molecular flexibility index (Phi) is 2.91. The van der Waals surface area contributed by atoms with Crippen LogP contribution in [0, 0.1) is 0 Å². The molecule has 1 aliphatic rings. The van der Waals surface area contributed by atoms with Gasteiger partial charge in [0.15, 0.2) is 0 Å². The number of aliphatic hydroxyl groups is 1. The minimum absolute atomic E-state index is 0.445. The monoisotopic (exact) mass is 245 g/mol. The molecule has 1 aromatic rings. The van der Waals surface area contributed by atoms with Gasteiger partial charge in [0.2, 0.25) is 0 Å². The van der Waals surface area contributed by atoms with E-state index < -0.39 is 23.4 Å². The lowest BCUT2D eigenvalue weighted by molar-refractivity contribution is -0.137. The van der Waals surface area contributed by atoms with Crippen LogP contribution in [0.1, 0.15) is 36.5 Å². The number of rotatable bonds is 2. The molecule has 0 amide bonds. The predicted molar refractivity (Wildman–Crippen MR) is 57.2 cm³/mol. The molecular weight excluding hydrogens is 231 g/mol. The lowest BCUT2D eigenvalue weighted by Crippen LogP contribution is -2.51. The third-order valence-electron chi connectivity index (χ3n) is 3.38. The Bertz CT molecular complexity index is 395. The smallest absolute Gasteiger partial charge is 0.386 e. The van der Waals surface area contributed by atoms with Gasteiger partial charge in [-0.25, -0.2) is 0 Å². The number of alkyl halides is 3. The maximum atomic E-state index is 12.3. The summed E-state index contributed by atoms with van der Waals surface area (Å²) in [6, 6.07) is 4.53. The van der Waals surface area contributed by atoms with Gasteiger partial charge in [-0.1, -0.05) is 12.1 Å². The average molecular weight is 245 g/mol. The summed E-state index contributed by atoms with van der Waals surface area (Å²) in [5.41, 5.74) is 4.99. The summed E-state index contributed by atoms with van der Waals surface area (Å²) in [6.45, 7) is 0. The van der Waals surface area contributed by atoms with E-state index in [4.69, 9.17) is 5.73 Å². The molecule has 0 radical (unpaired) electrons. The highest BCUT2D eigenvalue weighted by Gasteiger charge is 2.40. The molecule has 0 aromatic heterocycles. The lowest BCUT2D eigenvalue weighted by Gasteiger charge is -2.42. The molecule has 1 saturated carbocycles. The van der Waals surface area contributed by atoms with Crippen molar-refractivity contribution in [2.24, 2.45) is 5.73 Å². The first-order chi connectivity index (χ1) is 7.83. The molecule has 0 heterocycles. The van der Waals surface area contributed by atoms with Crippen molar-refractivity contribution in [1.82, 2.24) is 0 Å².